The normalized spacial score (nSPS) is 10.2. The average Bonchev–Trinajstić information content (AvgIpc) is 2.44. The second-order valence-electron chi connectivity index (χ2n) is 3.88. The lowest BCUT2D eigenvalue weighted by Crippen LogP contribution is -2.00. The molecule has 0 aliphatic heterocycles. The summed E-state index contributed by atoms with van der Waals surface area (Å²) >= 11 is 0. The number of hydrogen-bond donors (Lipinski definition) is 1. The van der Waals surface area contributed by atoms with Crippen LogP contribution in [0.2, 0.25) is 0 Å². The zero-order valence-corrected chi connectivity index (χ0v) is 11.3. The van der Waals surface area contributed by atoms with Crippen LogP contribution in [0, 0.1) is 0 Å². The summed E-state index contributed by atoms with van der Waals surface area (Å²) in [6.45, 7) is 0. The lowest BCUT2D eigenvalue weighted by molar-refractivity contribution is 0.324. The van der Waals surface area contributed by atoms with E-state index in [-0.39, 0.29) is 11.5 Å². The fourth-order valence-corrected chi connectivity index (χ4v) is 1.89. The molecule has 0 aliphatic carbocycles. The fourth-order valence-electron chi connectivity index (χ4n) is 1.89. The molecule has 0 bridgehead atoms. The second kappa shape index (κ2) is 5.56. The third-order valence-electron chi connectivity index (χ3n) is 2.72. The van der Waals surface area contributed by atoms with Gasteiger partial charge in [-0.15, -0.1) is 0 Å². The van der Waals surface area contributed by atoms with Crippen LogP contribution in [0.1, 0.15) is 0 Å². The number of hydrogen-bond acceptors (Lipinski definition) is 6. The van der Waals surface area contributed by atoms with Crippen LogP contribution in [0.25, 0.3) is 11.3 Å². The fraction of sp³-hybridized carbons (Fsp3) is 0.214. The Hall–Kier alpha value is -2.63. The number of rotatable bonds is 4. The first-order valence-electron chi connectivity index (χ1n) is 5.74. The molecule has 0 unspecified atom stereocenters. The van der Waals surface area contributed by atoms with Gasteiger partial charge < -0.3 is 23.7 Å². The topological polar surface area (TPSA) is 78.1 Å². The summed E-state index contributed by atoms with van der Waals surface area (Å²) in [5.74, 6) is 1.19. The molecule has 0 saturated heterocycles. The minimum atomic E-state index is -0.656. The minimum absolute atomic E-state index is 0.174. The van der Waals surface area contributed by atoms with Gasteiger partial charge in [-0.3, -0.25) is 0 Å². The standard InChI is InChI=1S/C14H14O6/c1-17-10-5-4-9(13(18-2)14(10)19-3)11-6-8(15)7-12(16)20-11/h4-7,15H,1-3H3. The van der Waals surface area contributed by atoms with E-state index in [1.807, 2.05) is 0 Å². The van der Waals surface area contributed by atoms with Crippen LogP contribution in [-0.2, 0) is 0 Å². The van der Waals surface area contributed by atoms with Crippen LogP contribution in [0.15, 0.2) is 33.5 Å². The molecule has 1 heterocycles. The summed E-state index contributed by atoms with van der Waals surface area (Å²) in [6.07, 6.45) is 0. The van der Waals surface area contributed by atoms with E-state index < -0.39 is 5.63 Å². The van der Waals surface area contributed by atoms with Gasteiger partial charge in [0.25, 0.3) is 0 Å². The van der Waals surface area contributed by atoms with Crippen molar-refractivity contribution in [1.29, 1.82) is 0 Å². The van der Waals surface area contributed by atoms with Crippen LogP contribution in [-0.4, -0.2) is 26.4 Å². The SMILES string of the molecule is COc1ccc(-c2cc(O)cc(=O)o2)c(OC)c1OC. The van der Waals surface area contributed by atoms with Gasteiger partial charge in [-0.25, -0.2) is 4.79 Å². The molecule has 0 saturated carbocycles. The second-order valence-corrected chi connectivity index (χ2v) is 3.88. The summed E-state index contributed by atoms with van der Waals surface area (Å²) in [4.78, 5) is 11.3. The molecular formula is C14H14O6. The minimum Gasteiger partial charge on any atom is -0.508 e. The van der Waals surface area contributed by atoms with Crippen LogP contribution < -0.4 is 19.8 Å². The van der Waals surface area contributed by atoms with Gasteiger partial charge in [0, 0.05) is 6.07 Å². The van der Waals surface area contributed by atoms with Gasteiger partial charge in [-0.05, 0) is 12.1 Å². The summed E-state index contributed by atoms with van der Waals surface area (Å²) in [6, 6.07) is 5.61. The largest absolute Gasteiger partial charge is 0.508 e. The molecule has 6 heteroatoms. The summed E-state index contributed by atoms with van der Waals surface area (Å²) in [5.41, 5.74) is -0.185. The quantitative estimate of drug-likeness (QED) is 0.922. The molecule has 0 aliphatic rings. The third-order valence-corrected chi connectivity index (χ3v) is 2.72. The Morgan fingerprint density at radius 2 is 1.70 bits per heavy atom. The maximum absolute atomic E-state index is 11.3. The highest BCUT2D eigenvalue weighted by Gasteiger charge is 2.19. The van der Waals surface area contributed by atoms with E-state index in [9.17, 15) is 9.90 Å². The van der Waals surface area contributed by atoms with Gasteiger partial charge in [-0.1, -0.05) is 0 Å². The third kappa shape index (κ3) is 2.40. The Bertz CT molecular complexity index is 674. The molecule has 1 N–H and O–H groups in total. The molecule has 2 aromatic rings. The van der Waals surface area contributed by atoms with Crippen molar-refractivity contribution in [2.75, 3.05) is 21.3 Å². The van der Waals surface area contributed by atoms with Crippen molar-refractivity contribution in [3.63, 3.8) is 0 Å². The van der Waals surface area contributed by atoms with Crippen LogP contribution in [0.3, 0.4) is 0 Å². The van der Waals surface area contributed by atoms with Crippen molar-refractivity contribution < 1.29 is 23.7 Å². The molecule has 0 fully saturated rings. The first-order valence-corrected chi connectivity index (χ1v) is 5.74. The van der Waals surface area contributed by atoms with Crippen molar-refractivity contribution in [2.24, 2.45) is 0 Å². The van der Waals surface area contributed by atoms with Gasteiger partial charge in [0.05, 0.1) is 33.0 Å². The number of methoxy groups -OCH3 is 3. The summed E-state index contributed by atoms with van der Waals surface area (Å²) in [5, 5.41) is 9.49. The molecule has 6 nitrogen and oxygen atoms in total. The molecule has 1 aromatic heterocycles. The zero-order valence-electron chi connectivity index (χ0n) is 11.3. The first-order chi connectivity index (χ1) is 9.60. The number of benzene rings is 1. The van der Waals surface area contributed by atoms with Crippen LogP contribution >= 0.6 is 0 Å². The number of aromatic hydroxyl groups is 1. The molecule has 1 aromatic carbocycles. The van der Waals surface area contributed by atoms with Crippen molar-refractivity contribution in [2.45, 2.75) is 0 Å². The van der Waals surface area contributed by atoms with Crippen LogP contribution in [0.4, 0.5) is 0 Å². The van der Waals surface area contributed by atoms with E-state index in [0.717, 1.165) is 6.07 Å². The van der Waals surface area contributed by atoms with Crippen molar-refractivity contribution >= 4 is 0 Å². The van der Waals surface area contributed by atoms with Gasteiger partial charge in [0.2, 0.25) is 5.75 Å². The van der Waals surface area contributed by atoms with Crippen molar-refractivity contribution in [3.8, 4) is 34.3 Å². The maximum atomic E-state index is 11.3. The van der Waals surface area contributed by atoms with Crippen molar-refractivity contribution in [1.82, 2.24) is 0 Å². The Labute approximate surface area is 115 Å². The molecule has 0 spiro atoms. The van der Waals surface area contributed by atoms with E-state index in [2.05, 4.69) is 0 Å². The van der Waals surface area contributed by atoms with Crippen LogP contribution in [0.5, 0.6) is 23.0 Å². The van der Waals surface area contributed by atoms with E-state index in [1.54, 1.807) is 12.1 Å². The number of ether oxygens (including phenoxy) is 3. The highest BCUT2D eigenvalue weighted by molar-refractivity contribution is 5.73. The molecule has 20 heavy (non-hydrogen) atoms. The average molecular weight is 278 g/mol. The van der Waals surface area contributed by atoms with Crippen molar-refractivity contribution in [3.05, 3.63) is 34.7 Å². The molecule has 0 atom stereocenters. The summed E-state index contributed by atoms with van der Waals surface area (Å²) < 4.78 is 20.8. The Kier molecular flexibility index (Phi) is 3.84. The maximum Gasteiger partial charge on any atom is 0.339 e. The summed E-state index contributed by atoms with van der Waals surface area (Å²) in [7, 11) is 4.44. The van der Waals surface area contributed by atoms with Gasteiger partial charge in [0.15, 0.2) is 11.5 Å². The molecule has 2 rings (SSSR count). The predicted molar refractivity (Wildman–Crippen MR) is 71.7 cm³/mol. The molecular weight excluding hydrogens is 264 g/mol. The van der Waals surface area contributed by atoms with E-state index in [1.165, 1.54) is 27.4 Å². The zero-order chi connectivity index (χ0) is 14.7. The lowest BCUT2D eigenvalue weighted by Gasteiger charge is -2.15. The van der Waals surface area contributed by atoms with Gasteiger partial charge >= 0.3 is 5.63 Å². The first kappa shape index (κ1) is 13.8. The molecule has 106 valence electrons. The van der Waals surface area contributed by atoms with Gasteiger partial charge in [-0.2, -0.15) is 0 Å². The predicted octanol–water partition coefficient (Wildman–Crippen LogP) is 2.04. The molecule has 0 radical (unpaired) electrons. The Morgan fingerprint density at radius 3 is 2.25 bits per heavy atom. The van der Waals surface area contributed by atoms with E-state index in [4.69, 9.17) is 18.6 Å². The Balaban J connectivity index is 2.70. The molecule has 0 amide bonds. The Morgan fingerprint density at radius 1 is 1.00 bits per heavy atom. The van der Waals surface area contributed by atoms with E-state index in [0.29, 0.717) is 22.8 Å². The highest BCUT2D eigenvalue weighted by atomic mass is 16.5. The van der Waals surface area contributed by atoms with E-state index >= 15 is 0 Å². The lowest BCUT2D eigenvalue weighted by atomic mass is 10.1. The van der Waals surface area contributed by atoms with Gasteiger partial charge in [0.1, 0.15) is 11.5 Å². The highest BCUT2D eigenvalue weighted by Crippen LogP contribution is 2.44. The monoisotopic (exact) mass is 278 g/mol. The smallest absolute Gasteiger partial charge is 0.339 e.